The maximum absolute atomic E-state index is 10.5. The van der Waals surface area contributed by atoms with Crippen LogP contribution in [0.1, 0.15) is 19.1 Å². The molecule has 0 saturated carbocycles. The Kier molecular flexibility index (Phi) is 9.77. The topological polar surface area (TPSA) is 85.5 Å². The van der Waals surface area contributed by atoms with Gasteiger partial charge in [-0.25, -0.2) is 0 Å². The molecule has 1 saturated heterocycles. The van der Waals surface area contributed by atoms with Crippen LogP contribution in [-0.2, 0) is 11.2 Å². The third kappa shape index (κ3) is 9.54. The lowest BCUT2D eigenvalue weighted by atomic mass is 10.1. The summed E-state index contributed by atoms with van der Waals surface area (Å²) in [5.74, 6) is 1.67. The molecule has 1 aliphatic rings. The smallest absolute Gasteiger partial charge is 0.191 e. The highest BCUT2D eigenvalue weighted by Gasteiger charge is 2.21. The van der Waals surface area contributed by atoms with E-state index in [0.717, 1.165) is 70.5 Å². The summed E-state index contributed by atoms with van der Waals surface area (Å²) in [5, 5.41) is 17.2. The molecule has 0 radical (unpaired) electrons. The van der Waals surface area contributed by atoms with Crippen molar-refractivity contribution in [1.29, 1.82) is 0 Å². The quantitative estimate of drug-likeness (QED) is 0.284. The molecule has 1 aliphatic heterocycles. The summed E-state index contributed by atoms with van der Waals surface area (Å²) in [6.45, 7) is 9.00. The Morgan fingerprint density at radius 3 is 2.71 bits per heavy atom. The second kappa shape index (κ2) is 12.1. The van der Waals surface area contributed by atoms with Crippen molar-refractivity contribution in [3.05, 3.63) is 24.2 Å². The Bertz CT molecular complexity index is 554. The maximum Gasteiger partial charge on any atom is 0.191 e. The molecular weight excluding hydrogens is 358 g/mol. The van der Waals surface area contributed by atoms with E-state index in [0.29, 0.717) is 13.1 Å². The number of hydrogen-bond acceptors (Lipinski definition) is 6. The van der Waals surface area contributed by atoms with E-state index in [1.54, 1.807) is 6.26 Å². The molecule has 8 nitrogen and oxygen atoms in total. The first kappa shape index (κ1) is 22.7. The van der Waals surface area contributed by atoms with Crippen molar-refractivity contribution in [2.45, 2.75) is 25.4 Å². The normalized spacial score (nSPS) is 18.2. The summed E-state index contributed by atoms with van der Waals surface area (Å²) >= 11 is 0. The SMILES string of the molecule is CN(C)CC(C)(O)CN=C(NCCCN1CCOCC1)NCCc1ccco1. The second-order valence-electron chi connectivity index (χ2n) is 7.89. The molecule has 1 aromatic rings. The third-order valence-electron chi connectivity index (χ3n) is 4.53. The molecular formula is C20H37N5O3. The van der Waals surface area contributed by atoms with E-state index in [1.807, 2.05) is 38.1 Å². The van der Waals surface area contributed by atoms with Crippen molar-refractivity contribution >= 4 is 5.96 Å². The zero-order valence-electron chi connectivity index (χ0n) is 17.6. The molecule has 0 spiro atoms. The Balaban J connectivity index is 1.78. The monoisotopic (exact) mass is 395 g/mol. The van der Waals surface area contributed by atoms with E-state index in [9.17, 15) is 5.11 Å². The lowest BCUT2D eigenvalue weighted by Crippen LogP contribution is -2.44. The van der Waals surface area contributed by atoms with Gasteiger partial charge in [-0.15, -0.1) is 0 Å². The number of nitrogens with one attached hydrogen (secondary N) is 2. The molecule has 1 atom stereocenters. The molecule has 3 N–H and O–H groups in total. The van der Waals surface area contributed by atoms with E-state index in [2.05, 4.69) is 20.5 Å². The van der Waals surface area contributed by atoms with E-state index in [-0.39, 0.29) is 0 Å². The van der Waals surface area contributed by atoms with Crippen LogP contribution in [0.15, 0.2) is 27.8 Å². The summed E-state index contributed by atoms with van der Waals surface area (Å²) in [7, 11) is 3.90. The van der Waals surface area contributed by atoms with E-state index in [4.69, 9.17) is 9.15 Å². The van der Waals surface area contributed by atoms with Crippen LogP contribution in [0.25, 0.3) is 0 Å². The predicted molar refractivity (Wildman–Crippen MR) is 112 cm³/mol. The fourth-order valence-electron chi connectivity index (χ4n) is 3.25. The minimum atomic E-state index is -0.868. The molecule has 0 amide bonds. The van der Waals surface area contributed by atoms with Crippen LogP contribution in [0.5, 0.6) is 0 Å². The molecule has 28 heavy (non-hydrogen) atoms. The van der Waals surface area contributed by atoms with Crippen LogP contribution in [0, 0.1) is 0 Å². The molecule has 0 aliphatic carbocycles. The van der Waals surface area contributed by atoms with Gasteiger partial charge in [0.15, 0.2) is 5.96 Å². The van der Waals surface area contributed by atoms with Gasteiger partial charge >= 0.3 is 0 Å². The molecule has 8 heteroatoms. The van der Waals surface area contributed by atoms with Gasteiger partial charge in [0.1, 0.15) is 5.76 Å². The van der Waals surface area contributed by atoms with E-state index in [1.165, 1.54) is 0 Å². The second-order valence-corrected chi connectivity index (χ2v) is 7.89. The van der Waals surface area contributed by atoms with Crippen LogP contribution in [0.3, 0.4) is 0 Å². The maximum atomic E-state index is 10.5. The number of ether oxygens (including phenoxy) is 1. The van der Waals surface area contributed by atoms with Crippen LogP contribution in [-0.4, -0.2) is 99.6 Å². The largest absolute Gasteiger partial charge is 0.469 e. The molecule has 160 valence electrons. The number of aliphatic hydroxyl groups is 1. The van der Waals surface area contributed by atoms with Crippen molar-refractivity contribution in [3.8, 4) is 0 Å². The number of aliphatic imine (C=N–C) groups is 1. The summed E-state index contributed by atoms with van der Waals surface area (Å²) in [5.41, 5.74) is -0.868. The average Bonchev–Trinajstić information content (AvgIpc) is 3.16. The van der Waals surface area contributed by atoms with Crippen molar-refractivity contribution in [3.63, 3.8) is 0 Å². The molecule has 2 heterocycles. The first-order chi connectivity index (χ1) is 13.4. The van der Waals surface area contributed by atoms with Gasteiger partial charge in [-0.3, -0.25) is 9.89 Å². The highest BCUT2D eigenvalue weighted by molar-refractivity contribution is 5.79. The number of furan rings is 1. The highest BCUT2D eigenvalue weighted by Crippen LogP contribution is 2.05. The Morgan fingerprint density at radius 2 is 2.04 bits per heavy atom. The Labute approximate surface area is 168 Å². The van der Waals surface area contributed by atoms with E-state index < -0.39 is 5.60 Å². The van der Waals surface area contributed by atoms with Gasteiger partial charge < -0.3 is 29.8 Å². The van der Waals surface area contributed by atoms with Gasteiger partial charge in [0.25, 0.3) is 0 Å². The van der Waals surface area contributed by atoms with Crippen molar-refractivity contribution in [2.24, 2.45) is 4.99 Å². The van der Waals surface area contributed by atoms with Crippen LogP contribution < -0.4 is 10.6 Å². The molecule has 0 bridgehead atoms. The fourth-order valence-corrected chi connectivity index (χ4v) is 3.25. The predicted octanol–water partition coefficient (Wildman–Crippen LogP) is 0.392. The minimum absolute atomic E-state index is 0.338. The van der Waals surface area contributed by atoms with Gasteiger partial charge in [0.2, 0.25) is 0 Å². The molecule has 0 aromatic carbocycles. The third-order valence-corrected chi connectivity index (χ3v) is 4.53. The van der Waals surface area contributed by atoms with Gasteiger partial charge in [0, 0.05) is 39.1 Å². The number of likely N-dealkylation sites (N-methyl/N-ethyl adjacent to an activating group) is 1. The summed E-state index contributed by atoms with van der Waals surface area (Å²) in [4.78, 5) is 9.00. The van der Waals surface area contributed by atoms with Crippen LogP contribution in [0.4, 0.5) is 0 Å². The number of morpholine rings is 1. The number of hydrogen-bond donors (Lipinski definition) is 3. The summed E-state index contributed by atoms with van der Waals surface area (Å²) in [6.07, 6.45) is 3.51. The molecule has 1 aromatic heterocycles. The zero-order chi connectivity index (χ0) is 20.2. The van der Waals surface area contributed by atoms with Gasteiger partial charge in [-0.2, -0.15) is 0 Å². The minimum Gasteiger partial charge on any atom is -0.469 e. The average molecular weight is 396 g/mol. The molecule has 1 unspecified atom stereocenters. The van der Waals surface area contributed by atoms with Gasteiger partial charge in [-0.1, -0.05) is 0 Å². The molecule has 2 rings (SSSR count). The Morgan fingerprint density at radius 1 is 1.29 bits per heavy atom. The molecule has 1 fully saturated rings. The van der Waals surface area contributed by atoms with Gasteiger partial charge in [0.05, 0.1) is 31.6 Å². The van der Waals surface area contributed by atoms with Crippen LogP contribution >= 0.6 is 0 Å². The standard InChI is InChI=1S/C20H37N5O3/c1-20(26,17-24(2)3)16-23-19(22-9-7-18-6-4-13-28-18)21-8-5-10-25-11-14-27-15-12-25/h4,6,13,26H,5,7-12,14-17H2,1-3H3,(H2,21,22,23). The number of guanidine groups is 1. The highest BCUT2D eigenvalue weighted by atomic mass is 16.5. The van der Waals surface area contributed by atoms with Gasteiger partial charge in [-0.05, 0) is 46.1 Å². The lowest BCUT2D eigenvalue weighted by Gasteiger charge is -2.27. The summed E-state index contributed by atoms with van der Waals surface area (Å²) < 4.78 is 10.8. The van der Waals surface area contributed by atoms with Crippen molar-refractivity contribution in [2.75, 3.05) is 73.1 Å². The van der Waals surface area contributed by atoms with Crippen molar-refractivity contribution < 1.29 is 14.3 Å². The first-order valence-electron chi connectivity index (χ1n) is 10.2. The lowest BCUT2D eigenvalue weighted by molar-refractivity contribution is 0.0376. The summed E-state index contributed by atoms with van der Waals surface area (Å²) in [6, 6.07) is 3.86. The van der Waals surface area contributed by atoms with Crippen molar-refractivity contribution in [1.82, 2.24) is 20.4 Å². The number of rotatable bonds is 11. The van der Waals surface area contributed by atoms with E-state index >= 15 is 0 Å². The first-order valence-corrected chi connectivity index (χ1v) is 10.2. The fraction of sp³-hybridized carbons (Fsp3) is 0.750. The zero-order valence-corrected chi connectivity index (χ0v) is 17.6. The Hall–Kier alpha value is -1.61. The number of nitrogens with zero attached hydrogens (tertiary/aromatic N) is 3. The van der Waals surface area contributed by atoms with Crippen LogP contribution in [0.2, 0.25) is 0 Å².